The third-order valence-electron chi connectivity index (χ3n) is 5.31. The molecular formula is C18H20N6O7. The van der Waals surface area contributed by atoms with Gasteiger partial charge in [0.15, 0.2) is 0 Å². The molecule has 1 aromatic rings. The van der Waals surface area contributed by atoms with Crippen molar-refractivity contribution in [3.63, 3.8) is 0 Å². The summed E-state index contributed by atoms with van der Waals surface area (Å²) in [6.45, 7) is -0.306. The molecule has 3 amide bonds. The average molecular weight is 432 g/mol. The van der Waals surface area contributed by atoms with Crippen molar-refractivity contribution in [1.29, 1.82) is 0 Å². The minimum absolute atomic E-state index is 0.0579. The quantitative estimate of drug-likeness (QED) is 0.396. The lowest BCUT2D eigenvalue weighted by Gasteiger charge is -2.22. The maximum Gasteiger partial charge on any atom is 0.278 e. The van der Waals surface area contributed by atoms with E-state index in [1.54, 1.807) is 0 Å². The number of anilines is 1. The van der Waals surface area contributed by atoms with Crippen LogP contribution in [0.25, 0.3) is 0 Å². The molecule has 0 unspecified atom stereocenters. The zero-order valence-electron chi connectivity index (χ0n) is 16.8. The van der Waals surface area contributed by atoms with E-state index in [0.29, 0.717) is 18.6 Å². The second kappa shape index (κ2) is 8.45. The number of imide groups is 1. The largest absolute Gasteiger partial charge is 0.347 e. The summed E-state index contributed by atoms with van der Waals surface area (Å²) in [6, 6.07) is 3.07. The van der Waals surface area contributed by atoms with Crippen LogP contribution in [0.5, 0.6) is 0 Å². The van der Waals surface area contributed by atoms with Gasteiger partial charge in [-0.05, 0) is 19.3 Å². The fraction of sp³-hybridized carbons (Fsp3) is 0.444. The highest BCUT2D eigenvalue weighted by Gasteiger charge is 2.50. The van der Waals surface area contributed by atoms with E-state index in [4.69, 9.17) is 0 Å². The van der Waals surface area contributed by atoms with Gasteiger partial charge in [0.1, 0.15) is 6.54 Å². The number of hydrogen-bond acceptors (Lipinski definition) is 9. The first-order valence-corrected chi connectivity index (χ1v) is 9.39. The predicted octanol–water partition coefficient (Wildman–Crippen LogP) is 1.14. The van der Waals surface area contributed by atoms with Crippen LogP contribution in [0.1, 0.15) is 19.3 Å². The molecule has 164 valence electrons. The number of fused-ring (bicyclic) bond motifs is 1. The fourth-order valence-electron chi connectivity index (χ4n) is 3.63. The number of amides is 3. The van der Waals surface area contributed by atoms with Crippen molar-refractivity contribution in [3.8, 4) is 0 Å². The molecule has 1 saturated carbocycles. The van der Waals surface area contributed by atoms with Crippen molar-refractivity contribution < 1.29 is 24.2 Å². The van der Waals surface area contributed by atoms with Crippen molar-refractivity contribution >= 4 is 40.5 Å². The lowest BCUT2D eigenvalue weighted by molar-refractivity contribution is -0.394. The average Bonchev–Trinajstić information content (AvgIpc) is 2.96. The summed E-state index contributed by atoms with van der Waals surface area (Å²) in [5.41, 5.74) is 2.27. The van der Waals surface area contributed by atoms with E-state index in [2.05, 4.69) is 10.5 Å². The van der Waals surface area contributed by atoms with Crippen LogP contribution in [0, 0.1) is 32.1 Å². The number of rotatable bonds is 6. The number of nitrogens with zero attached hydrogens (tertiary/aromatic N) is 5. The van der Waals surface area contributed by atoms with Crippen LogP contribution in [0.2, 0.25) is 0 Å². The lowest BCUT2D eigenvalue weighted by Crippen LogP contribution is -2.40. The SMILES string of the molecule is CN(C)C(=O)CN1C(=O)[C@H]2C/C(=N/Nc3cc([N+](=O)[O-])cc([N+](=O)[O-])c3)CC[C@H]2C1=O. The number of hydrogen-bond donors (Lipinski definition) is 1. The molecule has 1 heterocycles. The van der Waals surface area contributed by atoms with E-state index in [9.17, 15) is 34.6 Å². The Labute approximate surface area is 176 Å². The smallest absolute Gasteiger partial charge is 0.278 e. The van der Waals surface area contributed by atoms with Gasteiger partial charge in [-0.25, -0.2) is 0 Å². The number of non-ortho nitro benzene ring substituents is 2. The summed E-state index contributed by atoms with van der Waals surface area (Å²) >= 11 is 0. The first kappa shape index (κ1) is 21.8. The topological polar surface area (TPSA) is 168 Å². The van der Waals surface area contributed by atoms with E-state index in [1.165, 1.54) is 19.0 Å². The van der Waals surface area contributed by atoms with Crippen LogP contribution in [0.15, 0.2) is 23.3 Å². The van der Waals surface area contributed by atoms with Crippen molar-refractivity contribution in [2.45, 2.75) is 19.3 Å². The molecule has 3 rings (SSSR count). The lowest BCUT2D eigenvalue weighted by atomic mass is 9.80. The molecule has 0 radical (unpaired) electrons. The van der Waals surface area contributed by atoms with Crippen LogP contribution < -0.4 is 5.43 Å². The van der Waals surface area contributed by atoms with Crippen molar-refractivity contribution in [2.75, 3.05) is 26.1 Å². The van der Waals surface area contributed by atoms with Gasteiger partial charge in [0.25, 0.3) is 11.4 Å². The van der Waals surface area contributed by atoms with E-state index in [-0.39, 0.29) is 30.5 Å². The molecule has 2 aliphatic rings. The van der Waals surface area contributed by atoms with Crippen LogP contribution in [0.3, 0.4) is 0 Å². The molecule has 2 fully saturated rings. The summed E-state index contributed by atoms with van der Waals surface area (Å²) in [6.07, 6.45) is 0.961. The summed E-state index contributed by atoms with van der Waals surface area (Å²) < 4.78 is 0. The molecule has 31 heavy (non-hydrogen) atoms. The summed E-state index contributed by atoms with van der Waals surface area (Å²) in [5.74, 6) is -2.30. The number of nitro benzene ring substituents is 2. The van der Waals surface area contributed by atoms with Gasteiger partial charge < -0.3 is 4.90 Å². The van der Waals surface area contributed by atoms with Gasteiger partial charge in [0, 0.05) is 31.9 Å². The van der Waals surface area contributed by atoms with Crippen LogP contribution in [-0.4, -0.2) is 63.7 Å². The molecule has 1 N–H and O–H groups in total. The maximum absolute atomic E-state index is 12.7. The van der Waals surface area contributed by atoms with Crippen molar-refractivity contribution in [1.82, 2.24) is 9.80 Å². The Morgan fingerprint density at radius 2 is 1.71 bits per heavy atom. The predicted molar refractivity (Wildman–Crippen MR) is 107 cm³/mol. The zero-order chi connectivity index (χ0) is 22.9. The number of likely N-dealkylation sites (N-methyl/N-ethyl adjacent to an activating group) is 1. The van der Waals surface area contributed by atoms with E-state index < -0.39 is 39.0 Å². The molecule has 13 nitrogen and oxygen atoms in total. The Balaban J connectivity index is 1.74. The van der Waals surface area contributed by atoms with Gasteiger partial charge >= 0.3 is 0 Å². The number of nitro groups is 2. The number of likely N-dealkylation sites (tertiary alicyclic amines) is 1. The standard InChI is InChI=1S/C18H20N6O7/c1-21(2)16(25)9-22-17(26)14-4-3-10(7-15(14)18(22)27)19-20-11-5-12(23(28)29)8-13(6-11)24(30)31/h5-6,8,14-15,20H,3-4,7,9H2,1-2H3/b19-10+/t14-,15+/m1/s1. The maximum atomic E-state index is 12.7. The molecule has 2 atom stereocenters. The third-order valence-corrected chi connectivity index (χ3v) is 5.31. The molecular weight excluding hydrogens is 412 g/mol. The number of nitrogens with one attached hydrogen (secondary N) is 1. The van der Waals surface area contributed by atoms with E-state index in [0.717, 1.165) is 23.1 Å². The van der Waals surface area contributed by atoms with Gasteiger partial charge in [-0.2, -0.15) is 5.10 Å². The minimum atomic E-state index is -0.747. The molecule has 0 spiro atoms. The molecule has 1 aliphatic heterocycles. The van der Waals surface area contributed by atoms with Gasteiger partial charge in [0.2, 0.25) is 17.7 Å². The van der Waals surface area contributed by atoms with Gasteiger partial charge in [-0.1, -0.05) is 0 Å². The molecule has 0 aromatic heterocycles. The van der Waals surface area contributed by atoms with Crippen molar-refractivity contribution in [3.05, 3.63) is 38.4 Å². The molecule has 1 aromatic carbocycles. The molecule has 1 aliphatic carbocycles. The molecule has 13 heteroatoms. The highest BCUT2D eigenvalue weighted by molar-refractivity contribution is 6.09. The Bertz CT molecular complexity index is 973. The summed E-state index contributed by atoms with van der Waals surface area (Å²) in [7, 11) is 3.07. The minimum Gasteiger partial charge on any atom is -0.347 e. The monoisotopic (exact) mass is 432 g/mol. The van der Waals surface area contributed by atoms with Crippen LogP contribution in [0.4, 0.5) is 17.1 Å². The van der Waals surface area contributed by atoms with Crippen LogP contribution in [-0.2, 0) is 14.4 Å². The molecule has 1 saturated heterocycles. The van der Waals surface area contributed by atoms with Gasteiger partial charge in [-0.3, -0.25) is 44.9 Å². The number of carbonyl (C=O) groups excluding carboxylic acids is 3. The van der Waals surface area contributed by atoms with Gasteiger partial charge in [0.05, 0.1) is 33.4 Å². The van der Waals surface area contributed by atoms with E-state index >= 15 is 0 Å². The Kier molecular flexibility index (Phi) is 5.95. The summed E-state index contributed by atoms with van der Waals surface area (Å²) in [5, 5.41) is 26.1. The Morgan fingerprint density at radius 3 is 2.26 bits per heavy atom. The number of hydrazone groups is 1. The number of benzene rings is 1. The Hall–Kier alpha value is -3.90. The molecule has 0 bridgehead atoms. The summed E-state index contributed by atoms with van der Waals surface area (Å²) in [4.78, 5) is 59.9. The first-order chi connectivity index (χ1) is 14.6. The number of carbonyl (C=O) groups is 3. The second-order valence-electron chi connectivity index (χ2n) is 7.55. The highest BCUT2D eigenvalue weighted by atomic mass is 16.6. The second-order valence-corrected chi connectivity index (χ2v) is 7.55. The third kappa shape index (κ3) is 4.49. The van der Waals surface area contributed by atoms with Crippen LogP contribution >= 0.6 is 0 Å². The normalized spacial score (nSPS) is 21.7. The fourth-order valence-corrected chi connectivity index (χ4v) is 3.63. The Morgan fingerprint density at radius 1 is 1.13 bits per heavy atom. The van der Waals surface area contributed by atoms with Gasteiger partial charge in [-0.15, -0.1) is 0 Å². The highest BCUT2D eigenvalue weighted by Crippen LogP contribution is 2.37. The van der Waals surface area contributed by atoms with Crippen molar-refractivity contribution in [2.24, 2.45) is 16.9 Å². The van der Waals surface area contributed by atoms with E-state index in [1.807, 2.05) is 0 Å². The zero-order valence-corrected chi connectivity index (χ0v) is 16.8. The first-order valence-electron chi connectivity index (χ1n) is 9.39.